The molecule has 0 heterocycles. The Labute approximate surface area is 129 Å². The molecule has 0 aromatic heterocycles. The van der Waals surface area contributed by atoms with Gasteiger partial charge in [-0.15, -0.1) is 0 Å². The number of methoxy groups -OCH3 is 1. The minimum absolute atomic E-state index is 0.0956. The Balaban J connectivity index is 0.000000585. The number of carboxylic acid groups (broad SMARTS) is 2. The lowest BCUT2D eigenvalue weighted by molar-refractivity contribution is -0.192. The van der Waals surface area contributed by atoms with Crippen molar-refractivity contribution in [2.24, 2.45) is 0 Å². The maximum Gasteiger partial charge on any atom is 0.490 e. The quantitative estimate of drug-likeness (QED) is 0.819. The first kappa shape index (κ1) is 20.4. The number of halogens is 3. The molecule has 9 heteroatoms. The molecular formula is C14H15F3O6. The standard InChI is InChI=1S/C12H14O4.C2HF3O2/c1-8-7-10(12(15)16-2)4-3-9(8)5-6-11(13)14;3-2(4,5)1(6)7/h3-4,7H,5-6H2,1-2H3,(H,13,14);(H,6,7). The van der Waals surface area contributed by atoms with Gasteiger partial charge in [0.1, 0.15) is 0 Å². The van der Waals surface area contributed by atoms with Crippen LogP contribution in [0.1, 0.15) is 27.9 Å². The number of carboxylic acids is 2. The molecule has 0 aliphatic rings. The molecule has 128 valence electrons. The summed E-state index contributed by atoms with van der Waals surface area (Å²) < 4.78 is 36.3. The summed E-state index contributed by atoms with van der Waals surface area (Å²) in [5, 5.41) is 15.7. The van der Waals surface area contributed by atoms with E-state index in [4.69, 9.17) is 15.0 Å². The van der Waals surface area contributed by atoms with Gasteiger partial charge in [-0.3, -0.25) is 4.79 Å². The molecule has 0 aliphatic carbocycles. The smallest absolute Gasteiger partial charge is 0.481 e. The van der Waals surface area contributed by atoms with E-state index in [1.807, 2.05) is 6.92 Å². The van der Waals surface area contributed by atoms with Gasteiger partial charge in [-0.05, 0) is 36.6 Å². The van der Waals surface area contributed by atoms with Gasteiger partial charge >= 0.3 is 24.1 Å². The third-order valence-corrected chi connectivity index (χ3v) is 2.61. The molecule has 0 spiro atoms. The van der Waals surface area contributed by atoms with Crippen LogP contribution in [0, 0.1) is 6.92 Å². The Morgan fingerprint density at radius 3 is 2.04 bits per heavy atom. The average Bonchev–Trinajstić information content (AvgIpc) is 2.44. The fraction of sp³-hybridized carbons (Fsp3) is 0.357. The molecule has 23 heavy (non-hydrogen) atoms. The minimum atomic E-state index is -5.08. The molecule has 2 N–H and O–H groups in total. The molecule has 0 aliphatic heterocycles. The van der Waals surface area contributed by atoms with Crippen molar-refractivity contribution < 1.29 is 42.5 Å². The second kappa shape index (κ2) is 8.76. The van der Waals surface area contributed by atoms with Crippen molar-refractivity contribution in [3.8, 4) is 0 Å². The van der Waals surface area contributed by atoms with Crippen molar-refractivity contribution >= 4 is 17.9 Å². The summed E-state index contributed by atoms with van der Waals surface area (Å²) >= 11 is 0. The highest BCUT2D eigenvalue weighted by Gasteiger charge is 2.38. The summed E-state index contributed by atoms with van der Waals surface area (Å²) in [6, 6.07) is 5.13. The van der Waals surface area contributed by atoms with E-state index in [1.165, 1.54) is 7.11 Å². The van der Waals surface area contributed by atoms with Crippen molar-refractivity contribution in [2.75, 3.05) is 7.11 Å². The molecule has 1 aromatic carbocycles. The van der Waals surface area contributed by atoms with Crippen LogP contribution >= 0.6 is 0 Å². The van der Waals surface area contributed by atoms with E-state index in [0.717, 1.165) is 11.1 Å². The van der Waals surface area contributed by atoms with E-state index in [9.17, 15) is 22.8 Å². The molecule has 1 rings (SSSR count). The van der Waals surface area contributed by atoms with E-state index >= 15 is 0 Å². The minimum Gasteiger partial charge on any atom is -0.481 e. The van der Waals surface area contributed by atoms with Crippen molar-refractivity contribution in [2.45, 2.75) is 25.9 Å². The number of carbonyl (C=O) groups excluding carboxylic acids is 1. The average molecular weight is 336 g/mol. The highest BCUT2D eigenvalue weighted by atomic mass is 19.4. The summed E-state index contributed by atoms with van der Waals surface area (Å²) in [5.74, 6) is -3.96. The SMILES string of the molecule is COC(=O)c1ccc(CCC(=O)O)c(C)c1.O=C(O)C(F)(F)F. The van der Waals surface area contributed by atoms with Gasteiger partial charge in [0, 0.05) is 6.42 Å². The lowest BCUT2D eigenvalue weighted by atomic mass is 10.0. The van der Waals surface area contributed by atoms with Gasteiger partial charge in [0.25, 0.3) is 0 Å². The van der Waals surface area contributed by atoms with Gasteiger partial charge in [-0.2, -0.15) is 13.2 Å². The van der Waals surface area contributed by atoms with Crippen molar-refractivity contribution in [3.05, 3.63) is 34.9 Å². The van der Waals surface area contributed by atoms with Gasteiger partial charge in [0.05, 0.1) is 12.7 Å². The molecule has 0 radical (unpaired) electrons. The second-order valence-electron chi connectivity index (χ2n) is 4.33. The molecule has 0 fully saturated rings. The molecule has 0 atom stereocenters. The Morgan fingerprint density at radius 1 is 1.17 bits per heavy atom. The summed E-state index contributed by atoms with van der Waals surface area (Å²) in [6.45, 7) is 1.85. The van der Waals surface area contributed by atoms with Crippen LogP contribution < -0.4 is 0 Å². The van der Waals surface area contributed by atoms with Crippen LogP contribution in [0.5, 0.6) is 0 Å². The number of aliphatic carboxylic acids is 2. The molecule has 1 aromatic rings. The third-order valence-electron chi connectivity index (χ3n) is 2.61. The Hall–Kier alpha value is -2.58. The zero-order valence-electron chi connectivity index (χ0n) is 12.3. The van der Waals surface area contributed by atoms with Gasteiger partial charge in [-0.1, -0.05) is 6.07 Å². The number of carbonyl (C=O) groups is 3. The van der Waals surface area contributed by atoms with E-state index in [2.05, 4.69) is 4.74 Å². The first-order chi connectivity index (χ1) is 10.5. The lowest BCUT2D eigenvalue weighted by Gasteiger charge is -2.06. The van der Waals surface area contributed by atoms with Gasteiger partial charge in [0.15, 0.2) is 0 Å². The van der Waals surface area contributed by atoms with E-state index in [0.29, 0.717) is 12.0 Å². The van der Waals surface area contributed by atoms with Gasteiger partial charge < -0.3 is 14.9 Å². The molecule has 0 saturated carbocycles. The van der Waals surface area contributed by atoms with Crippen LogP contribution in [-0.2, 0) is 20.7 Å². The molecule has 0 bridgehead atoms. The first-order valence-corrected chi connectivity index (χ1v) is 6.18. The Kier molecular flexibility index (Phi) is 7.78. The first-order valence-electron chi connectivity index (χ1n) is 6.18. The van der Waals surface area contributed by atoms with Gasteiger partial charge in [-0.25, -0.2) is 9.59 Å². The summed E-state index contributed by atoms with van der Waals surface area (Å²) in [7, 11) is 1.33. The maximum absolute atomic E-state index is 11.2. The number of alkyl halides is 3. The number of aryl methyl sites for hydroxylation is 2. The number of hydrogen-bond acceptors (Lipinski definition) is 4. The monoisotopic (exact) mass is 336 g/mol. The maximum atomic E-state index is 11.2. The number of esters is 1. The predicted octanol–water partition coefficient (Wildman–Crippen LogP) is 2.43. The van der Waals surface area contributed by atoms with Gasteiger partial charge in [0.2, 0.25) is 0 Å². The van der Waals surface area contributed by atoms with Crippen LogP contribution in [0.3, 0.4) is 0 Å². The fourth-order valence-electron chi connectivity index (χ4n) is 1.46. The van der Waals surface area contributed by atoms with Crippen molar-refractivity contribution in [1.29, 1.82) is 0 Å². The summed E-state index contributed by atoms with van der Waals surface area (Å²) in [4.78, 5) is 30.6. The zero-order chi connectivity index (χ0) is 18.2. The topological polar surface area (TPSA) is 101 Å². The lowest BCUT2D eigenvalue weighted by Crippen LogP contribution is -2.21. The number of benzene rings is 1. The third kappa shape index (κ3) is 7.84. The highest BCUT2D eigenvalue weighted by molar-refractivity contribution is 5.89. The number of hydrogen-bond donors (Lipinski definition) is 2. The predicted molar refractivity (Wildman–Crippen MR) is 72.2 cm³/mol. The molecule has 0 amide bonds. The van der Waals surface area contributed by atoms with E-state index < -0.39 is 18.1 Å². The largest absolute Gasteiger partial charge is 0.490 e. The van der Waals surface area contributed by atoms with Crippen LogP contribution in [0.15, 0.2) is 18.2 Å². The highest BCUT2D eigenvalue weighted by Crippen LogP contribution is 2.14. The summed E-state index contributed by atoms with van der Waals surface area (Å²) in [5.41, 5.74) is 2.33. The second-order valence-corrected chi connectivity index (χ2v) is 4.33. The fourth-order valence-corrected chi connectivity index (χ4v) is 1.46. The van der Waals surface area contributed by atoms with E-state index in [-0.39, 0.29) is 12.4 Å². The molecule has 6 nitrogen and oxygen atoms in total. The molecule has 0 unspecified atom stereocenters. The van der Waals surface area contributed by atoms with Crippen molar-refractivity contribution in [3.63, 3.8) is 0 Å². The van der Waals surface area contributed by atoms with Crippen LogP contribution in [0.4, 0.5) is 13.2 Å². The Morgan fingerprint density at radius 2 is 1.70 bits per heavy atom. The van der Waals surface area contributed by atoms with Crippen LogP contribution in [-0.4, -0.2) is 41.4 Å². The van der Waals surface area contributed by atoms with Crippen LogP contribution in [0.2, 0.25) is 0 Å². The normalized spacial score (nSPS) is 10.3. The Bertz CT molecular complexity index is 580. The number of rotatable bonds is 4. The number of ether oxygens (including phenoxy) is 1. The zero-order valence-corrected chi connectivity index (χ0v) is 12.3. The van der Waals surface area contributed by atoms with E-state index in [1.54, 1.807) is 18.2 Å². The van der Waals surface area contributed by atoms with Crippen molar-refractivity contribution in [1.82, 2.24) is 0 Å². The molecular weight excluding hydrogens is 321 g/mol. The summed E-state index contributed by atoms with van der Waals surface area (Å²) in [6.07, 6.45) is -4.51. The molecule has 0 saturated heterocycles. The van der Waals surface area contributed by atoms with Crippen LogP contribution in [0.25, 0.3) is 0 Å².